The molecule has 128 valence electrons. The van der Waals surface area contributed by atoms with Crippen LogP contribution < -0.4 is 15.1 Å². The third-order valence-corrected chi connectivity index (χ3v) is 3.72. The summed E-state index contributed by atoms with van der Waals surface area (Å²) < 4.78 is 19.1. The molecule has 1 N–H and O–H groups in total. The Kier molecular flexibility index (Phi) is 4.72. The molecule has 0 atom stereocenters. The van der Waals surface area contributed by atoms with Crippen LogP contribution in [0.1, 0.15) is 16.1 Å². The van der Waals surface area contributed by atoms with Crippen molar-refractivity contribution in [1.29, 1.82) is 0 Å². The fourth-order valence-electron chi connectivity index (χ4n) is 2.33. The van der Waals surface area contributed by atoms with Crippen molar-refractivity contribution in [2.24, 2.45) is 5.10 Å². The number of halogens is 1. The van der Waals surface area contributed by atoms with E-state index in [1.54, 1.807) is 6.07 Å². The van der Waals surface area contributed by atoms with Gasteiger partial charge in [0.05, 0.1) is 25.5 Å². The van der Waals surface area contributed by atoms with E-state index in [2.05, 4.69) is 32.9 Å². The summed E-state index contributed by atoms with van der Waals surface area (Å²) in [5.74, 6) is 2.58. The number of amides is 1. The normalized spacial score (nSPS) is 13.6. The van der Waals surface area contributed by atoms with Gasteiger partial charge in [0.1, 0.15) is 29.2 Å². The first kappa shape index (κ1) is 16.6. The monoisotopic (exact) mass is 341 g/mol. The van der Waals surface area contributed by atoms with Gasteiger partial charge in [0.2, 0.25) is 0 Å². The van der Waals surface area contributed by atoms with Crippen LogP contribution in [0, 0.1) is 12.7 Å². The van der Waals surface area contributed by atoms with Gasteiger partial charge in [-0.1, -0.05) is 6.07 Å². The summed E-state index contributed by atoms with van der Waals surface area (Å²) in [4.78, 5) is 21.9. The van der Waals surface area contributed by atoms with E-state index in [4.69, 9.17) is 4.74 Å². The molecule has 2 heterocycles. The van der Waals surface area contributed by atoms with Gasteiger partial charge < -0.3 is 9.64 Å². The van der Waals surface area contributed by atoms with Crippen LogP contribution in [0.2, 0.25) is 0 Å². The zero-order valence-electron chi connectivity index (χ0n) is 13.6. The Morgan fingerprint density at radius 1 is 1.44 bits per heavy atom. The first-order chi connectivity index (χ1) is 12.1. The predicted octanol–water partition coefficient (Wildman–Crippen LogP) is 1.69. The summed E-state index contributed by atoms with van der Waals surface area (Å²) in [7, 11) is 0. The van der Waals surface area contributed by atoms with E-state index in [-0.39, 0.29) is 17.6 Å². The maximum atomic E-state index is 13.3. The molecule has 25 heavy (non-hydrogen) atoms. The maximum absolute atomic E-state index is 13.3. The smallest absolute Gasteiger partial charge is 0.292 e. The largest absolute Gasteiger partial charge is 0.486 e. The molecule has 1 aromatic carbocycles. The van der Waals surface area contributed by atoms with Crippen molar-refractivity contribution < 1.29 is 13.9 Å². The van der Waals surface area contributed by atoms with Crippen LogP contribution in [-0.2, 0) is 0 Å². The molecule has 0 aliphatic carbocycles. The third-order valence-electron chi connectivity index (χ3n) is 3.72. The van der Waals surface area contributed by atoms with Gasteiger partial charge in [0, 0.05) is 11.9 Å². The molecule has 1 saturated heterocycles. The van der Waals surface area contributed by atoms with Gasteiger partial charge >= 0.3 is 0 Å². The number of aryl methyl sites for hydroxylation is 1. The second kappa shape index (κ2) is 7.11. The molecule has 0 saturated carbocycles. The average Bonchev–Trinajstić information content (AvgIpc) is 2.58. The van der Waals surface area contributed by atoms with Gasteiger partial charge in [0.25, 0.3) is 5.91 Å². The summed E-state index contributed by atoms with van der Waals surface area (Å²) in [5, 5.41) is 3.41. The van der Waals surface area contributed by atoms with Gasteiger partial charge in [-0.25, -0.2) is 19.8 Å². The number of hydrazone groups is 1. The molecule has 7 nitrogen and oxygen atoms in total. The molecular formula is C17H16FN5O2. The summed E-state index contributed by atoms with van der Waals surface area (Å²) in [5.41, 5.74) is 3.25. The number of carbonyl (C=O) groups is 1. The van der Waals surface area contributed by atoms with Crippen LogP contribution in [0.15, 0.2) is 42.3 Å². The van der Waals surface area contributed by atoms with Crippen LogP contribution in [0.3, 0.4) is 0 Å². The van der Waals surface area contributed by atoms with Crippen molar-refractivity contribution in [3.63, 3.8) is 0 Å². The first-order valence-corrected chi connectivity index (χ1v) is 7.59. The highest BCUT2D eigenvalue weighted by molar-refractivity contribution is 5.92. The number of ether oxygens (including phenoxy) is 1. The zero-order valence-corrected chi connectivity index (χ0v) is 13.6. The molecule has 1 aliphatic heterocycles. The Morgan fingerprint density at radius 3 is 2.92 bits per heavy atom. The standard InChI is InChI=1S/C17H16FN5O2/c1-3-21-22-17(24)14-7-20-16(8-19-14)23-9-13(10-23)25-15-6-12(18)5-4-11(15)2/h4-8,13H,1,9-10H2,2H3,(H,22,24). The molecule has 1 aromatic heterocycles. The van der Waals surface area contributed by atoms with Gasteiger partial charge in [-0.3, -0.25) is 4.79 Å². The maximum Gasteiger partial charge on any atom is 0.292 e. The van der Waals surface area contributed by atoms with Gasteiger partial charge in [-0.05, 0) is 25.1 Å². The van der Waals surface area contributed by atoms with Crippen LogP contribution in [0.25, 0.3) is 0 Å². The summed E-state index contributed by atoms with van der Waals surface area (Å²) in [6.45, 7) is 6.34. The minimum absolute atomic E-state index is 0.0489. The highest BCUT2D eigenvalue weighted by Crippen LogP contribution is 2.25. The van der Waals surface area contributed by atoms with E-state index < -0.39 is 5.91 Å². The number of anilines is 1. The molecule has 0 spiro atoms. The first-order valence-electron chi connectivity index (χ1n) is 7.59. The molecule has 2 aromatic rings. The lowest BCUT2D eigenvalue weighted by atomic mass is 10.1. The molecule has 0 radical (unpaired) electrons. The van der Waals surface area contributed by atoms with Crippen molar-refractivity contribution in [2.75, 3.05) is 18.0 Å². The highest BCUT2D eigenvalue weighted by Gasteiger charge is 2.30. The van der Waals surface area contributed by atoms with E-state index in [9.17, 15) is 9.18 Å². The molecule has 3 rings (SSSR count). The second-order valence-corrected chi connectivity index (χ2v) is 5.53. The molecule has 1 fully saturated rings. The number of carbonyl (C=O) groups excluding carboxylic acids is 1. The van der Waals surface area contributed by atoms with Crippen molar-refractivity contribution in [3.05, 3.63) is 54.2 Å². The number of nitrogens with one attached hydrogen (secondary N) is 1. The Hall–Kier alpha value is -3.25. The van der Waals surface area contributed by atoms with E-state index in [1.807, 2.05) is 11.8 Å². The molecule has 1 amide bonds. The van der Waals surface area contributed by atoms with Crippen LogP contribution >= 0.6 is 0 Å². The van der Waals surface area contributed by atoms with Gasteiger partial charge in [-0.2, -0.15) is 0 Å². The van der Waals surface area contributed by atoms with E-state index >= 15 is 0 Å². The molecular weight excluding hydrogens is 325 g/mol. The topological polar surface area (TPSA) is 79.7 Å². The lowest BCUT2D eigenvalue weighted by molar-refractivity contribution is 0.0949. The van der Waals surface area contributed by atoms with Crippen molar-refractivity contribution in [3.8, 4) is 5.75 Å². The van der Waals surface area contributed by atoms with Crippen molar-refractivity contribution in [1.82, 2.24) is 15.4 Å². The second-order valence-electron chi connectivity index (χ2n) is 5.53. The van der Waals surface area contributed by atoms with E-state index in [1.165, 1.54) is 24.5 Å². The van der Waals surface area contributed by atoms with Crippen molar-refractivity contribution in [2.45, 2.75) is 13.0 Å². The molecule has 0 unspecified atom stereocenters. The van der Waals surface area contributed by atoms with E-state index in [0.29, 0.717) is 24.7 Å². The van der Waals surface area contributed by atoms with Crippen molar-refractivity contribution >= 4 is 17.6 Å². The number of rotatable bonds is 5. The summed E-state index contributed by atoms with van der Waals surface area (Å²) in [6, 6.07) is 4.48. The van der Waals surface area contributed by atoms with E-state index in [0.717, 1.165) is 5.56 Å². The number of hydrogen-bond donors (Lipinski definition) is 1. The minimum atomic E-state index is -0.485. The lowest BCUT2D eigenvalue weighted by Crippen LogP contribution is -2.54. The Bertz CT molecular complexity index is 827. The summed E-state index contributed by atoms with van der Waals surface area (Å²) >= 11 is 0. The SMILES string of the molecule is C=C=NNC(=O)c1cnc(N2CC(Oc3cc(F)ccc3C)C2)cn1. The quantitative estimate of drug-likeness (QED) is 0.661. The molecule has 8 heteroatoms. The molecule has 0 bridgehead atoms. The summed E-state index contributed by atoms with van der Waals surface area (Å²) in [6.07, 6.45) is 2.83. The number of benzene rings is 1. The number of aromatic nitrogens is 2. The highest BCUT2D eigenvalue weighted by atomic mass is 19.1. The minimum Gasteiger partial charge on any atom is -0.486 e. The fraction of sp³-hybridized carbons (Fsp3) is 0.235. The Morgan fingerprint density at radius 2 is 2.24 bits per heavy atom. The van der Waals surface area contributed by atoms with Crippen LogP contribution in [-0.4, -0.2) is 40.9 Å². The lowest BCUT2D eigenvalue weighted by Gasteiger charge is -2.39. The number of nitrogens with zero attached hydrogens (tertiary/aromatic N) is 4. The Balaban J connectivity index is 1.56. The van der Waals surface area contributed by atoms with Crippen LogP contribution in [0.5, 0.6) is 5.75 Å². The fourth-order valence-corrected chi connectivity index (χ4v) is 2.33. The third kappa shape index (κ3) is 3.81. The van der Waals surface area contributed by atoms with Gasteiger partial charge in [0.15, 0.2) is 0 Å². The zero-order chi connectivity index (χ0) is 17.8. The Labute approximate surface area is 143 Å². The predicted molar refractivity (Wildman–Crippen MR) is 90.3 cm³/mol. The molecule has 1 aliphatic rings. The average molecular weight is 341 g/mol. The van der Waals surface area contributed by atoms with Crippen LogP contribution in [0.4, 0.5) is 10.2 Å². The van der Waals surface area contributed by atoms with Gasteiger partial charge in [-0.15, -0.1) is 5.10 Å². The number of hydrogen-bond acceptors (Lipinski definition) is 6.